The van der Waals surface area contributed by atoms with E-state index in [4.69, 9.17) is 10.8 Å². The van der Waals surface area contributed by atoms with Crippen molar-refractivity contribution in [3.8, 4) is 0 Å². The van der Waals surface area contributed by atoms with Crippen molar-refractivity contribution in [2.24, 2.45) is 11.1 Å². The number of rotatable bonds is 6. The second-order valence-electron chi connectivity index (χ2n) is 4.99. The molecule has 0 aromatic rings. The molecule has 0 aromatic heterocycles. The third-order valence-electron chi connectivity index (χ3n) is 2.33. The predicted octanol–water partition coefficient (Wildman–Crippen LogP) is 0.731. The zero-order chi connectivity index (χ0) is 12.8. The number of carbonyl (C=O) groups excluding carboxylic acids is 1. The van der Waals surface area contributed by atoms with Gasteiger partial charge in [0.05, 0.1) is 6.04 Å². The van der Waals surface area contributed by atoms with E-state index in [0.717, 1.165) is 0 Å². The van der Waals surface area contributed by atoms with Gasteiger partial charge in [-0.25, -0.2) is 0 Å². The van der Waals surface area contributed by atoms with Crippen LogP contribution in [0.25, 0.3) is 0 Å². The average molecular weight is 230 g/mol. The van der Waals surface area contributed by atoms with Gasteiger partial charge in [0.1, 0.15) is 0 Å². The van der Waals surface area contributed by atoms with Crippen LogP contribution in [0.3, 0.4) is 0 Å². The lowest BCUT2D eigenvalue weighted by Gasteiger charge is -2.25. The molecule has 0 aromatic carbocycles. The lowest BCUT2D eigenvalue weighted by Crippen LogP contribution is -2.48. The molecule has 0 saturated heterocycles. The first-order valence-electron chi connectivity index (χ1n) is 5.50. The van der Waals surface area contributed by atoms with Gasteiger partial charge in [-0.3, -0.25) is 9.59 Å². The number of carboxylic acid groups (broad SMARTS) is 1. The van der Waals surface area contributed by atoms with Gasteiger partial charge >= 0.3 is 5.97 Å². The van der Waals surface area contributed by atoms with E-state index in [-0.39, 0.29) is 17.7 Å². The minimum atomic E-state index is -0.808. The van der Waals surface area contributed by atoms with Gasteiger partial charge in [0.25, 0.3) is 0 Å². The van der Waals surface area contributed by atoms with E-state index in [2.05, 4.69) is 5.32 Å². The first-order valence-corrected chi connectivity index (χ1v) is 5.50. The molecule has 1 unspecified atom stereocenters. The highest BCUT2D eigenvalue weighted by Crippen LogP contribution is 2.17. The zero-order valence-corrected chi connectivity index (χ0v) is 10.2. The highest BCUT2D eigenvalue weighted by molar-refractivity contribution is 5.82. The van der Waals surface area contributed by atoms with Gasteiger partial charge in [-0.05, 0) is 18.3 Å². The molecule has 0 saturated carbocycles. The third kappa shape index (κ3) is 6.40. The largest absolute Gasteiger partial charge is 0.481 e. The molecule has 0 rings (SSSR count). The van der Waals surface area contributed by atoms with E-state index in [0.29, 0.717) is 19.4 Å². The fourth-order valence-corrected chi connectivity index (χ4v) is 1.12. The summed E-state index contributed by atoms with van der Waals surface area (Å²) in [5.41, 5.74) is 5.49. The topological polar surface area (TPSA) is 92.4 Å². The van der Waals surface area contributed by atoms with Gasteiger partial charge in [0.2, 0.25) is 5.91 Å². The number of nitrogens with one attached hydrogen (secondary N) is 1. The Labute approximate surface area is 96.4 Å². The Kier molecular flexibility index (Phi) is 6.03. The lowest BCUT2D eigenvalue weighted by atomic mass is 9.87. The van der Waals surface area contributed by atoms with E-state index in [1.54, 1.807) is 0 Å². The Morgan fingerprint density at radius 1 is 1.31 bits per heavy atom. The van der Waals surface area contributed by atoms with E-state index in [9.17, 15) is 9.59 Å². The summed E-state index contributed by atoms with van der Waals surface area (Å²) < 4.78 is 0. The average Bonchev–Trinajstić information content (AvgIpc) is 2.13. The summed E-state index contributed by atoms with van der Waals surface area (Å²) in [4.78, 5) is 21.8. The SMILES string of the molecule is CC(C)(C)C(N)C(=O)NCCCCC(=O)O. The summed E-state index contributed by atoms with van der Waals surface area (Å²) >= 11 is 0. The molecule has 0 heterocycles. The number of aliphatic carboxylic acids is 1. The molecule has 0 aliphatic carbocycles. The van der Waals surface area contributed by atoms with Crippen LogP contribution >= 0.6 is 0 Å². The van der Waals surface area contributed by atoms with E-state index >= 15 is 0 Å². The van der Waals surface area contributed by atoms with Gasteiger partial charge in [-0.1, -0.05) is 20.8 Å². The number of nitrogens with two attached hydrogens (primary N) is 1. The molecular formula is C11H22N2O3. The fraction of sp³-hybridized carbons (Fsp3) is 0.818. The van der Waals surface area contributed by atoms with Crippen LogP contribution in [0.5, 0.6) is 0 Å². The second-order valence-corrected chi connectivity index (χ2v) is 4.99. The molecule has 0 aliphatic rings. The smallest absolute Gasteiger partial charge is 0.303 e. The molecule has 0 radical (unpaired) electrons. The van der Waals surface area contributed by atoms with Crippen LogP contribution in [0.1, 0.15) is 40.0 Å². The molecule has 1 amide bonds. The summed E-state index contributed by atoms with van der Waals surface area (Å²) in [5.74, 6) is -0.986. The van der Waals surface area contributed by atoms with Crippen molar-refractivity contribution in [2.45, 2.75) is 46.1 Å². The molecule has 0 bridgehead atoms. The second kappa shape index (κ2) is 6.48. The molecule has 5 nitrogen and oxygen atoms in total. The van der Waals surface area contributed by atoms with Crippen LogP contribution in [0.2, 0.25) is 0 Å². The summed E-state index contributed by atoms with van der Waals surface area (Å²) in [7, 11) is 0. The maximum absolute atomic E-state index is 11.5. The number of hydrogen-bond donors (Lipinski definition) is 3. The van der Waals surface area contributed by atoms with Crippen molar-refractivity contribution in [2.75, 3.05) is 6.54 Å². The Morgan fingerprint density at radius 2 is 1.88 bits per heavy atom. The zero-order valence-electron chi connectivity index (χ0n) is 10.2. The van der Waals surface area contributed by atoms with Crippen molar-refractivity contribution < 1.29 is 14.7 Å². The lowest BCUT2D eigenvalue weighted by molar-refractivity contribution is -0.137. The molecule has 4 N–H and O–H groups in total. The molecule has 16 heavy (non-hydrogen) atoms. The van der Waals surface area contributed by atoms with Gasteiger partial charge in [0, 0.05) is 13.0 Å². The Bertz CT molecular complexity index is 246. The van der Waals surface area contributed by atoms with Crippen molar-refractivity contribution in [1.29, 1.82) is 0 Å². The van der Waals surface area contributed by atoms with E-state index in [1.165, 1.54) is 0 Å². The van der Waals surface area contributed by atoms with Gasteiger partial charge in [-0.2, -0.15) is 0 Å². The summed E-state index contributed by atoms with van der Waals surface area (Å²) in [6.07, 6.45) is 1.37. The summed E-state index contributed by atoms with van der Waals surface area (Å²) in [6, 6.07) is -0.535. The molecule has 1 atom stereocenters. The maximum Gasteiger partial charge on any atom is 0.303 e. The number of carboxylic acids is 1. The Balaban J connectivity index is 3.70. The van der Waals surface area contributed by atoms with Crippen molar-refractivity contribution in [1.82, 2.24) is 5.32 Å². The van der Waals surface area contributed by atoms with Crippen LogP contribution in [0.4, 0.5) is 0 Å². The molecule has 5 heteroatoms. The Hall–Kier alpha value is -1.10. The third-order valence-corrected chi connectivity index (χ3v) is 2.33. The van der Waals surface area contributed by atoms with Crippen molar-refractivity contribution >= 4 is 11.9 Å². The van der Waals surface area contributed by atoms with E-state index < -0.39 is 12.0 Å². The molecule has 0 aliphatic heterocycles. The van der Waals surface area contributed by atoms with E-state index in [1.807, 2.05) is 20.8 Å². The number of unbranched alkanes of at least 4 members (excludes halogenated alkanes) is 1. The van der Waals surface area contributed by atoms with Crippen LogP contribution in [0, 0.1) is 5.41 Å². The first kappa shape index (κ1) is 14.9. The molecule has 94 valence electrons. The number of carbonyl (C=O) groups is 2. The summed E-state index contributed by atoms with van der Waals surface area (Å²) in [5, 5.41) is 11.1. The monoisotopic (exact) mass is 230 g/mol. The normalized spacial score (nSPS) is 13.2. The fourth-order valence-electron chi connectivity index (χ4n) is 1.12. The quantitative estimate of drug-likeness (QED) is 0.586. The number of hydrogen-bond acceptors (Lipinski definition) is 3. The van der Waals surface area contributed by atoms with Gasteiger partial charge < -0.3 is 16.2 Å². The molecule has 0 spiro atoms. The van der Waals surface area contributed by atoms with Crippen LogP contribution in [-0.4, -0.2) is 29.6 Å². The van der Waals surface area contributed by atoms with Crippen LogP contribution in [0.15, 0.2) is 0 Å². The van der Waals surface area contributed by atoms with Gasteiger partial charge in [0.15, 0.2) is 0 Å². The number of amides is 1. The van der Waals surface area contributed by atoms with Crippen molar-refractivity contribution in [3.63, 3.8) is 0 Å². The summed E-state index contributed by atoms with van der Waals surface area (Å²) in [6.45, 7) is 6.20. The Morgan fingerprint density at radius 3 is 2.31 bits per heavy atom. The highest BCUT2D eigenvalue weighted by atomic mass is 16.4. The van der Waals surface area contributed by atoms with Crippen molar-refractivity contribution in [3.05, 3.63) is 0 Å². The minimum Gasteiger partial charge on any atom is -0.481 e. The predicted molar refractivity (Wildman–Crippen MR) is 61.9 cm³/mol. The molecule has 0 fully saturated rings. The minimum absolute atomic E-state index is 0.140. The standard InChI is InChI=1S/C11H22N2O3/c1-11(2,3)9(12)10(16)13-7-5-4-6-8(14)15/h9H,4-7,12H2,1-3H3,(H,13,16)(H,14,15). The van der Waals surface area contributed by atoms with Crippen LogP contribution < -0.4 is 11.1 Å². The maximum atomic E-state index is 11.5. The van der Waals surface area contributed by atoms with Crippen LogP contribution in [-0.2, 0) is 9.59 Å². The first-order chi connectivity index (χ1) is 7.25. The highest BCUT2D eigenvalue weighted by Gasteiger charge is 2.26. The molecular weight excluding hydrogens is 208 g/mol. The van der Waals surface area contributed by atoms with Gasteiger partial charge in [-0.15, -0.1) is 0 Å².